The Balaban J connectivity index is 3.22. The maximum atomic E-state index is 12.5. The summed E-state index contributed by atoms with van der Waals surface area (Å²) in [5.74, 6) is -0.550. The second kappa shape index (κ2) is 5.86. The molecule has 1 aromatic heterocycles. The third kappa shape index (κ3) is 3.33. The van der Waals surface area contributed by atoms with Gasteiger partial charge in [0.05, 0.1) is 25.2 Å². The molecule has 1 aromatic rings. The fourth-order valence-electron chi connectivity index (χ4n) is 1.16. The van der Waals surface area contributed by atoms with Crippen molar-refractivity contribution in [3.05, 3.63) is 26.6 Å². The zero-order chi connectivity index (χ0) is 13.0. The highest BCUT2D eigenvalue weighted by molar-refractivity contribution is 14.1. The van der Waals surface area contributed by atoms with Crippen molar-refractivity contribution in [2.45, 2.75) is 12.8 Å². The Morgan fingerprint density at radius 2 is 2.35 bits per heavy atom. The summed E-state index contributed by atoms with van der Waals surface area (Å²) in [7, 11) is 1.21. The van der Waals surface area contributed by atoms with Gasteiger partial charge in [0, 0.05) is 5.56 Å². The molecule has 0 radical (unpaired) electrons. The van der Waals surface area contributed by atoms with Gasteiger partial charge in [-0.05, 0) is 28.7 Å². The van der Waals surface area contributed by atoms with E-state index < -0.39 is 18.1 Å². The third-order valence-corrected chi connectivity index (χ3v) is 2.88. The van der Waals surface area contributed by atoms with Crippen molar-refractivity contribution < 1.29 is 18.3 Å². The van der Waals surface area contributed by atoms with Crippen molar-refractivity contribution in [3.63, 3.8) is 0 Å². The first-order valence-electron chi connectivity index (χ1n) is 4.44. The first-order valence-corrected chi connectivity index (χ1v) is 5.51. The van der Waals surface area contributed by atoms with Gasteiger partial charge in [0.1, 0.15) is 9.39 Å². The van der Waals surface area contributed by atoms with Crippen LogP contribution in [0.15, 0.2) is 6.07 Å². The topological polar surface area (TPSA) is 63.0 Å². The van der Waals surface area contributed by atoms with Gasteiger partial charge in [-0.25, -0.2) is 13.8 Å². The van der Waals surface area contributed by atoms with E-state index in [0.717, 1.165) is 6.07 Å². The van der Waals surface area contributed by atoms with Crippen LogP contribution in [0.2, 0.25) is 0 Å². The fraction of sp³-hybridized carbons (Fsp3) is 0.300. The molecule has 0 aromatic carbocycles. The summed E-state index contributed by atoms with van der Waals surface area (Å²) in [5, 5.41) is 8.86. The maximum absolute atomic E-state index is 12.5. The Labute approximate surface area is 110 Å². The highest BCUT2D eigenvalue weighted by Crippen LogP contribution is 2.23. The summed E-state index contributed by atoms with van der Waals surface area (Å²) in [4.78, 5) is 14.8. The lowest BCUT2D eigenvalue weighted by atomic mass is 10.1. The van der Waals surface area contributed by atoms with Crippen molar-refractivity contribution in [1.29, 1.82) is 5.26 Å². The molecule has 0 N–H and O–H groups in total. The average Bonchev–Trinajstić information content (AvgIpc) is 2.30. The molecule has 4 nitrogen and oxygen atoms in total. The van der Waals surface area contributed by atoms with E-state index in [4.69, 9.17) is 5.26 Å². The highest BCUT2D eigenvalue weighted by atomic mass is 127. The minimum atomic E-state index is -2.75. The van der Waals surface area contributed by atoms with Crippen LogP contribution in [0.5, 0.6) is 0 Å². The smallest absolute Gasteiger partial charge is 0.310 e. The number of esters is 1. The van der Waals surface area contributed by atoms with Crippen LogP contribution in [0.3, 0.4) is 0 Å². The van der Waals surface area contributed by atoms with Gasteiger partial charge in [-0.2, -0.15) is 5.26 Å². The lowest BCUT2D eigenvalue weighted by Crippen LogP contribution is -2.10. The van der Waals surface area contributed by atoms with E-state index in [-0.39, 0.29) is 15.7 Å². The van der Waals surface area contributed by atoms with E-state index in [1.807, 2.05) is 0 Å². The summed E-state index contributed by atoms with van der Waals surface area (Å²) < 4.78 is 29.6. The number of rotatable bonds is 3. The van der Waals surface area contributed by atoms with E-state index in [9.17, 15) is 13.6 Å². The predicted octanol–water partition coefficient (Wildman–Crippen LogP) is 2.21. The summed E-state index contributed by atoms with van der Waals surface area (Å²) in [6.45, 7) is 0. The Morgan fingerprint density at radius 3 is 2.82 bits per heavy atom. The van der Waals surface area contributed by atoms with Crippen LogP contribution >= 0.6 is 22.6 Å². The Morgan fingerprint density at radius 1 is 1.71 bits per heavy atom. The molecule has 0 spiro atoms. The molecule has 0 aliphatic heterocycles. The number of alkyl halides is 2. The van der Waals surface area contributed by atoms with Gasteiger partial charge in [-0.15, -0.1) is 0 Å². The summed E-state index contributed by atoms with van der Waals surface area (Å²) >= 11 is 1.71. The maximum Gasteiger partial charge on any atom is 0.310 e. The molecule has 0 amide bonds. The Bertz CT molecular complexity index is 486. The van der Waals surface area contributed by atoms with Gasteiger partial charge in [0.2, 0.25) is 0 Å². The number of carbonyl (C=O) groups excluding carboxylic acids is 1. The van der Waals surface area contributed by atoms with Crippen LogP contribution in [0, 0.1) is 15.0 Å². The van der Waals surface area contributed by atoms with Crippen molar-refractivity contribution in [2.75, 3.05) is 7.11 Å². The molecule has 17 heavy (non-hydrogen) atoms. The molecular formula is C10H7F2IN2O2. The van der Waals surface area contributed by atoms with Gasteiger partial charge in [0.15, 0.2) is 0 Å². The molecule has 0 atom stereocenters. The zero-order valence-electron chi connectivity index (χ0n) is 8.71. The number of halogens is 3. The average molecular weight is 352 g/mol. The minimum absolute atomic E-state index is 0.0186. The molecule has 1 heterocycles. The van der Waals surface area contributed by atoms with E-state index in [1.165, 1.54) is 7.11 Å². The normalized spacial score (nSPS) is 10.1. The lowest BCUT2D eigenvalue weighted by Gasteiger charge is -2.07. The van der Waals surface area contributed by atoms with Gasteiger partial charge in [-0.3, -0.25) is 4.79 Å². The molecule has 0 unspecified atom stereocenters. The van der Waals surface area contributed by atoms with Crippen molar-refractivity contribution in [1.82, 2.24) is 4.98 Å². The highest BCUT2D eigenvalue weighted by Gasteiger charge is 2.18. The van der Waals surface area contributed by atoms with E-state index in [1.54, 1.807) is 28.7 Å². The molecule has 0 saturated heterocycles. The van der Waals surface area contributed by atoms with E-state index in [0.29, 0.717) is 5.56 Å². The molecule has 0 aliphatic carbocycles. The molecule has 0 fully saturated rings. The number of methoxy groups -OCH3 is 1. The quantitative estimate of drug-likeness (QED) is 0.475. The van der Waals surface area contributed by atoms with Crippen molar-refractivity contribution in [3.8, 4) is 6.07 Å². The first-order chi connectivity index (χ1) is 7.99. The largest absolute Gasteiger partial charge is 0.469 e. The zero-order valence-corrected chi connectivity index (χ0v) is 10.9. The van der Waals surface area contributed by atoms with Gasteiger partial charge in [0.25, 0.3) is 6.43 Å². The lowest BCUT2D eigenvalue weighted by molar-refractivity contribution is -0.139. The molecule has 0 aliphatic rings. The van der Waals surface area contributed by atoms with Crippen LogP contribution < -0.4 is 0 Å². The number of hydrogen-bond acceptors (Lipinski definition) is 4. The van der Waals surface area contributed by atoms with E-state index in [2.05, 4.69) is 9.72 Å². The number of ether oxygens (including phenoxy) is 1. The minimum Gasteiger partial charge on any atom is -0.469 e. The summed E-state index contributed by atoms with van der Waals surface area (Å²) in [6.07, 6.45) is -2.91. The summed E-state index contributed by atoms with van der Waals surface area (Å²) in [6, 6.07) is 2.77. The number of pyridine rings is 1. The number of nitriles is 1. The van der Waals surface area contributed by atoms with Crippen LogP contribution in [0.1, 0.15) is 23.2 Å². The van der Waals surface area contributed by atoms with Crippen LogP contribution in [0.25, 0.3) is 0 Å². The number of nitrogens with zero attached hydrogens (tertiary/aromatic N) is 2. The van der Waals surface area contributed by atoms with E-state index >= 15 is 0 Å². The molecule has 90 valence electrons. The molecule has 0 saturated carbocycles. The Kier molecular flexibility index (Phi) is 4.74. The van der Waals surface area contributed by atoms with Crippen LogP contribution in [0.4, 0.5) is 8.78 Å². The second-order valence-electron chi connectivity index (χ2n) is 3.03. The Hall–Kier alpha value is -1.30. The summed E-state index contributed by atoms with van der Waals surface area (Å²) in [5.41, 5.74) is -0.144. The van der Waals surface area contributed by atoms with Crippen LogP contribution in [-0.2, 0) is 16.0 Å². The SMILES string of the molecule is COC(=O)Cc1c(C#N)cc(C(F)F)nc1I. The van der Waals surface area contributed by atoms with Crippen molar-refractivity contribution in [2.24, 2.45) is 0 Å². The standard InChI is InChI=1S/C10H7F2IN2O2/c1-17-8(16)3-6-5(4-14)2-7(9(11)12)15-10(6)13/h2,9H,3H2,1H3. The number of hydrogen-bond donors (Lipinski definition) is 0. The molecule has 7 heteroatoms. The molecular weight excluding hydrogens is 345 g/mol. The second-order valence-corrected chi connectivity index (χ2v) is 4.05. The fourth-order valence-corrected chi connectivity index (χ4v) is 1.92. The molecule has 1 rings (SSSR count). The predicted molar refractivity (Wildman–Crippen MR) is 62.3 cm³/mol. The van der Waals surface area contributed by atoms with Crippen LogP contribution in [-0.4, -0.2) is 18.1 Å². The van der Waals surface area contributed by atoms with Gasteiger partial charge >= 0.3 is 5.97 Å². The van der Waals surface area contributed by atoms with Crippen molar-refractivity contribution >= 4 is 28.6 Å². The first kappa shape index (κ1) is 13.8. The molecule has 0 bridgehead atoms. The van der Waals surface area contributed by atoms with Gasteiger partial charge in [-0.1, -0.05) is 0 Å². The number of carbonyl (C=O) groups is 1. The number of aromatic nitrogens is 1. The van der Waals surface area contributed by atoms with Gasteiger partial charge < -0.3 is 4.74 Å². The monoisotopic (exact) mass is 352 g/mol. The third-order valence-electron chi connectivity index (χ3n) is 1.99.